The van der Waals surface area contributed by atoms with Crippen molar-refractivity contribution in [2.75, 3.05) is 0 Å². The van der Waals surface area contributed by atoms with Crippen LogP contribution in [0.3, 0.4) is 0 Å². The largest absolute Gasteiger partial charge is 0.417 e. The second-order valence-corrected chi connectivity index (χ2v) is 6.45. The Balaban J connectivity index is 2.38. The summed E-state index contributed by atoms with van der Waals surface area (Å²) in [6.45, 7) is 1.08. The van der Waals surface area contributed by atoms with Gasteiger partial charge >= 0.3 is 6.18 Å². The van der Waals surface area contributed by atoms with Crippen LogP contribution >= 0.6 is 0 Å². The lowest BCUT2D eigenvalue weighted by molar-refractivity contribution is -0.137. The number of nitrogens with zero attached hydrogens (tertiary/aromatic N) is 1. The number of aryl methyl sites for hydroxylation is 2. The maximum absolute atomic E-state index is 14.4. The number of halogens is 4. The highest BCUT2D eigenvalue weighted by Crippen LogP contribution is 2.37. The third-order valence-corrected chi connectivity index (χ3v) is 4.66. The van der Waals surface area contributed by atoms with E-state index in [0.717, 1.165) is 4.57 Å². The van der Waals surface area contributed by atoms with Gasteiger partial charge in [0.05, 0.1) is 17.7 Å². The molecule has 27 heavy (non-hydrogen) atoms. The molecule has 0 amide bonds. The third kappa shape index (κ3) is 3.35. The highest BCUT2D eigenvalue weighted by molar-refractivity contribution is 5.85. The number of fused-ring (bicyclic) bond motifs is 1. The van der Waals surface area contributed by atoms with Crippen molar-refractivity contribution in [3.05, 3.63) is 80.4 Å². The molecule has 0 bridgehead atoms. The predicted octanol–water partition coefficient (Wildman–Crippen LogP) is 4.09. The molecular formula is C20H17F4NO2. The van der Waals surface area contributed by atoms with Crippen molar-refractivity contribution in [1.29, 1.82) is 0 Å². The van der Waals surface area contributed by atoms with Crippen LogP contribution in [0.4, 0.5) is 17.6 Å². The van der Waals surface area contributed by atoms with E-state index in [4.69, 9.17) is 0 Å². The molecule has 3 aromatic rings. The molecule has 0 fully saturated rings. The first-order chi connectivity index (χ1) is 12.6. The van der Waals surface area contributed by atoms with Gasteiger partial charge in [0.1, 0.15) is 5.82 Å². The van der Waals surface area contributed by atoms with Crippen molar-refractivity contribution in [2.24, 2.45) is 7.05 Å². The summed E-state index contributed by atoms with van der Waals surface area (Å²) in [6.07, 6.45) is -5.29. The van der Waals surface area contributed by atoms with Crippen LogP contribution < -0.4 is 5.56 Å². The number of hydrogen-bond acceptors (Lipinski definition) is 2. The fourth-order valence-corrected chi connectivity index (χ4v) is 3.28. The van der Waals surface area contributed by atoms with Gasteiger partial charge in [-0.25, -0.2) is 4.39 Å². The summed E-state index contributed by atoms with van der Waals surface area (Å²) in [7, 11) is 1.37. The molecular weight excluding hydrogens is 362 g/mol. The number of alkyl halides is 3. The number of hydrogen-bond donors (Lipinski definition) is 1. The number of aromatic nitrogens is 1. The Morgan fingerprint density at radius 2 is 1.85 bits per heavy atom. The zero-order valence-electron chi connectivity index (χ0n) is 14.7. The van der Waals surface area contributed by atoms with Crippen LogP contribution in [-0.2, 0) is 26.3 Å². The van der Waals surface area contributed by atoms with Crippen molar-refractivity contribution < 1.29 is 22.7 Å². The smallest absolute Gasteiger partial charge is 0.392 e. The van der Waals surface area contributed by atoms with E-state index in [9.17, 15) is 27.5 Å². The molecule has 7 heteroatoms. The molecule has 3 nitrogen and oxygen atoms in total. The SMILES string of the molecule is Cc1cccc(Cc2c(C(F)(F)F)c3cc(CO)ccc3n(C)c2=O)c1F. The maximum Gasteiger partial charge on any atom is 0.417 e. The summed E-state index contributed by atoms with van der Waals surface area (Å²) in [6, 6.07) is 8.46. The molecule has 142 valence electrons. The average Bonchev–Trinajstić information content (AvgIpc) is 2.61. The van der Waals surface area contributed by atoms with E-state index in [1.54, 1.807) is 0 Å². The molecule has 0 radical (unpaired) electrons. The monoisotopic (exact) mass is 379 g/mol. The van der Waals surface area contributed by atoms with Crippen molar-refractivity contribution >= 4 is 10.9 Å². The lowest BCUT2D eigenvalue weighted by Crippen LogP contribution is -2.27. The Morgan fingerprint density at radius 1 is 1.15 bits per heavy atom. The highest BCUT2D eigenvalue weighted by atomic mass is 19.4. The Kier molecular flexibility index (Phi) is 4.82. The summed E-state index contributed by atoms with van der Waals surface area (Å²) in [5, 5.41) is 9.09. The summed E-state index contributed by atoms with van der Waals surface area (Å²) in [5.41, 5.74) is -1.73. The molecule has 1 N–H and O–H groups in total. The van der Waals surface area contributed by atoms with E-state index in [0.29, 0.717) is 11.1 Å². The van der Waals surface area contributed by atoms with Gasteiger partial charge < -0.3 is 9.67 Å². The van der Waals surface area contributed by atoms with Crippen LogP contribution in [0.15, 0.2) is 41.2 Å². The normalized spacial score (nSPS) is 12.0. The minimum Gasteiger partial charge on any atom is -0.392 e. The lowest BCUT2D eigenvalue weighted by atomic mass is 9.95. The van der Waals surface area contributed by atoms with Crippen molar-refractivity contribution in [3.8, 4) is 0 Å². The van der Waals surface area contributed by atoms with Crippen molar-refractivity contribution in [3.63, 3.8) is 0 Å². The van der Waals surface area contributed by atoms with E-state index >= 15 is 0 Å². The van der Waals surface area contributed by atoms with E-state index in [-0.39, 0.29) is 16.5 Å². The summed E-state index contributed by atoms with van der Waals surface area (Å²) in [4.78, 5) is 12.7. The third-order valence-electron chi connectivity index (χ3n) is 4.66. The Labute approximate surface area is 152 Å². The molecule has 0 unspecified atom stereocenters. The van der Waals surface area contributed by atoms with Gasteiger partial charge in [-0.05, 0) is 35.7 Å². The number of benzene rings is 2. The number of rotatable bonds is 3. The van der Waals surface area contributed by atoms with Gasteiger partial charge in [0.15, 0.2) is 0 Å². The number of aliphatic hydroxyl groups excluding tert-OH is 1. The molecule has 3 rings (SSSR count). The predicted molar refractivity (Wildman–Crippen MR) is 94.1 cm³/mol. The molecule has 0 aliphatic carbocycles. The van der Waals surface area contributed by atoms with Crippen LogP contribution in [0.2, 0.25) is 0 Å². The molecule has 0 aliphatic rings. The zero-order valence-corrected chi connectivity index (χ0v) is 14.7. The molecule has 0 atom stereocenters. The van der Waals surface area contributed by atoms with Gasteiger partial charge in [0.2, 0.25) is 0 Å². The Hall–Kier alpha value is -2.67. The first-order valence-electron chi connectivity index (χ1n) is 8.21. The van der Waals surface area contributed by atoms with Gasteiger partial charge in [-0.2, -0.15) is 13.2 Å². The molecule has 1 heterocycles. The average molecular weight is 379 g/mol. The van der Waals surface area contributed by atoms with E-state index < -0.39 is 41.7 Å². The van der Waals surface area contributed by atoms with Crippen LogP contribution in [0, 0.1) is 12.7 Å². The number of aliphatic hydroxyl groups is 1. The molecule has 2 aromatic carbocycles. The standard InChI is InChI=1S/C20H17F4NO2/c1-11-4-3-5-13(18(11)21)9-15-17(20(22,23)24)14-8-12(10-26)6-7-16(14)25(2)19(15)27/h3-8,26H,9-10H2,1-2H3. The minimum absolute atomic E-state index is 0.0234. The fourth-order valence-electron chi connectivity index (χ4n) is 3.28. The van der Waals surface area contributed by atoms with Gasteiger partial charge in [0, 0.05) is 24.4 Å². The van der Waals surface area contributed by atoms with Gasteiger partial charge in [0.25, 0.3) is 5.56 Å². The quantitative estimate of drug-likeness (QED) is 0.697. The van der Waals surface area contributed by atoms with Crippen LogP contribution in [0.25, 0.3) is 10.9 Å². The number of pyridine rings is 1. The van der Waals surface area contributed by atoms with Crippen molar-refractivity contribution in [1.82, 2.24) is 4.57 Å². The summed E-state index contributed by atoms with van der Waals surface area (Å²) < 4.78 is 57.2. The maximum atomic E-state index is 14.4. The first-order valence-corrected chi connectivity index (χ1v) is 8.21. The zero-order chi connectivity index (χ0) is 19.9. The van der Waals surface area contributed by atoms with Crippen molar-refractivity contribution in [2.45, 2.75) is 26.1 Å². The Bertz CT molecular complexity index is 1080. The first kappa shape index (κ1) is 19.1. The highest BCUT2D eigenvalue weighted by Gasteiger charge is 2.37. The molecule has 1 aromatic heterocycles. The van der Waals surface area contributed by atoms with Crippen LogP contribution in [0.1, 0.15) is 27.8 Å². The second-order valence-electron chi connectivity index (χ2n) is 6.45. The molecule has 0 saturated carbocycles. The van der Waals surface area contributed by atoms with Crippen LogP contribution in [0.5, 0.6) is 0 Å². The topological polar surface area (TPSA) is 42.2 Å². The Morgan fingerprint density at radius 3 is 2.48 bits per heavy atom. The summed E-state index contributed by atoms with van der Waals surface area (Å²) >= 11 is 0. The minimum atomic E-state index is -4.81. The molecule has 0 saturated heterocycles. The second kappa shape index (κ2) is 6.81. The summed E-state index contributed by atoms with van der Waals surface area (Å²) in [5.74, 6) is -0.628. The van der Waals surface area contributed by atoms with E-state index in [1.165, 1.54) is 50.4 Å². The fraction of sp³-hybridized carbons (Fsp3) is 0.250. The van der Waals surface area contributed by atoms with Gasteiger partial charge in [-0.15, -0.1) is 0 Å². The lowest BCUT2D eigenvalue weighted by Gasteiger charge is -2.19. The van der Waals surface area contributed by atoms with E-state index in [1.807, 2.05) is 0 Å². The van der Waals surface area contributed by atoms with E-state index in [2.05, 4.69) is 0 Å². The molecule has 0 aliphatic heterocycles. The van der Waals surface area contributed by atoms with Crippen LogP contribution in [-0.4, -0.2) is 9.67 Å². The van der Waals surface area contributed by atoms with Gasteiger partial charge in [-0.3, -0.25) is 4.79 Å². The van der Waals surface area contributed by atoms with Gasteiger partial charge in [-0.1, -0.05) is 24.3 Å². The molecule has 0 spiro atoms.